The van der Waals surface area contributed by atoms with E-state index < -0.39 is 6.10 Å². The third kappa shape index (κ3) is 3.36. The average Bonchev–Trinajstić information content (AvgIpc) is 2.55. The number of nitrogen functional groups attached to an aromatic ring is 1. The summed E-state index contributed by atoms with van der Waals surface area (Å²) in [5.41, 5.74) is 9.32. The summed E-state index contributed by atoms with van der Waals surface area (Å²) >= 11 is 0. The van der Waals surface area contributed by atoms with Crippen LogP contribution in [0.2, 0.25) is 0 Å². The third-order valence-corrected chi connectivity index (χ3v) is 4.13. The molecule has 0 saturated heterocycles. The number of benzene rings is 2. The number of anilines is 2. The van der Waals surface area contributed by atoms with Crippen LogP contribution in [0.3, 0.4) is 0 Å². The molecule has 126 valence electrons. The first-order valence-corrected chi connectivity index (χ1v) is 8.12. The monoisotopic (exact) mass is 326 g/mol. The predicted molar refractivity (Wildman–Crippen MR) is 94.2 cm³/mol. The molecule has 2 aromatic carbocycles. The van der Waals surface area contributed by atoms with Crippen LogP contribution in [-0.2, 0) is 11.2 Å². The van der Waals surface area contributed by atoms with E-state index in [1.165, 1.54) is 0 Å². The standard InChI is InChI=1S/C19H22N2O3/c1-13-4-2-5-14(10-13)11-18-19(23)21(8-3-9-22)16-12-15(20)6-7-17(16)24-18/h2,4-7,10,12,18,22H,3,8-9,11,20H2,1H3. The summed E-state index contributed by atoms with van der Waals surface area (Å²) in [5.74, 6) is 0.558. The number of ether oxygens (including phenoxy) is 1. The van der Waals surface area contributed by atoms with Gasteiger partial charge in [0.15, 0.2) is 6.10 Å². The molecule has 1 amide bonds. The number of rotatable bonds is 5. The van der Waals surface area contributed by atoms with Crippen molar-refractivity contribution in [2.45, 2.75) is 25.9 Å². The van der Waals surface area contributed by atoms with Gasteiger partial charge >= 0.3 is 0 Å². The number of carbonyl (C=O) groups is 1. The largest absolute Gasteiger partial charge is 0.478 e. The molecule has 0 spiro atoms. The van der Waals surface area contributed by atoms with Gasteiger partial charge in [-0.15, -0.1) is 0 Å². The van der Waals surface area contributed by atoms with Crippen LogP contribution >= 0.6 is 0 Å². The molecule has 1 aliphatic heterocycles. The lowest BCUT2D eigenvalue weighted by Gasteiger charge is -2.34. The molecule has 1 unspecified atom stereocenters. The fraction of sp³-hybridized carbons (Fsp3) is 0.316. The highest BCUT2D eigenvalue weighted by Crippen LogP contribution is 2.36. The van der Waals surface area contributed by atoms with Crippen molar-refractivity contribution in [1.29, 1.82) is 0 Å². The highest BCUT2D eigenvalue weighted by atomic mass is 16.5. The van der Waals surface area contributed by atoms with Crippen molar-refractivity contribution in [3.05, 3.63) is 53.6 Å². The Morgan fingerprint density at radius 2 is 2.08 bits per heavy atom. The smallest absolute Gasteiger partial charge is 0.268 e. The summed E-state index contributed by atoms with van der Waals surface area (Å²) in [5, 5.41) is 9.12. The summed E-state index contributed by atoms with van der Waals surface area (Å²) in [6.07, 6.45) is 0.457. The second-order valence-corrected chi connectivity index (χ2v) is 6.09. The fourth-order valence-electron chi connectivity index (χ4n) is 2.98. The fourth-order valence-corrected chi connectivity index (χ4v) is 2.98. The Morgan fingerprint density at radius 1 is 1.25 bits per heavy atom. The zero-order chi connectivity index (χ0) is 17.1. The van der Waals surface area contributed by atoms with Crippen LogP contribution in [0.15, 0.2) is 42.5 Å². The number of carbonyl (C=O) groups excluding carboxylic acids is 1. The molecule has 0 radical (unpaired) electrons. The normalized spacial score (nSPS) is 16.7. The molecular formula is C19H22N2O3. The van der Waals surface area contributed by atoms with Gasteiger partial charge in [-0.3, -0.25) is 4.79 Å². The quantitative estimate of drug-likeness (QED) is 0.827. The molecule has 5 heteroatoms. The van der Waals surface area contributed by atoms with Crippen LogP contribution in [0.25, 0.3) is 0 Å². The molecule has 3 N–H and O–H groups in total. The van der Waals surface area contributed by atoms with Gasteiger partial charge in [0.05, 0.1) is 5.69 Å². The molecule has 0 saturated carbocycles. The number of nitrogens with zero attached hydrogens (tertiary/aromatic N) is 1. The maximum absolute atomic E-state index is 12.9. The number of aliphatic hydroxyl groups excluding tert-OH is 1. The summed E-state index contributed by atoms with van der Waals surface area (Å²) < 4.78 is 5.94. The van der Waals surface area contributed by atoms with Crippen LogP contribution < -0.4 is 15.4 Å². The van der Waals surface area contributed by atoms with Crippen molar-refractivity contribution in [2.24, 2.45) is 0 Å². The van der Waals surface area contributed by atoms with E-state index >= 15 is 0 Å². The molecule has 0 fully saturated rings. The number of hydrogen-bond donors (Lipinski definition) is 2. The lowest BCUT2D eigenvalue weighted by molar-refractivity contribution is -0.126. The minimum atomic E-state index is -0.568. The minimum absolute atomic E-state index is 0.0326. The molecular weight excluding hydrogens is 304 g/mol. The highest BCUT2D eigenvalue weighted by molar-refractivity contribution is 6.00. The van der Waals surface area contributed by atoms with E-state index in [2.05, 4.69) is 6.07 Å². The van der Waals surface area contributed by atoms with Crippen molar-refractivity contribution in [1.82, 2.24) is 0 Å². The number of amides is 1. The zero-order valence-electron chi connectivity index (χ0n) is 13.7. The van der Waals surface area contributed by atoms with Gasteiger partial charge in [-0.25, -0.2) is 0 Å². The summed E-state index contributed by atoms with van der Waals surface area (Å²) in [6, 6.07) is 13.4. The molecule has 1 aliphatic rings. The number of aliphatic hydroxyl groups is 1. The number of aryl methyl sites for hydroxylation is 1. The van der Waals surface area contributed by atoms with Crippen LogP contribution in [0.4, 0.5) is 11.4 Å². The first kappa shape index (κ1) is 16.3. The van der Waals surface area contributed by atoms with E-state index in [0.29, 0.717) is 36.5 Å². The van der Waals surface area contributed by atoms with Gasteiger partial charge in [0.25, 0.3) is 5.91 Å². The maximum atomic E-state index is 12.9. The maximum Gasteiger partial charge on any atom is 0.268 e. The molecule has 2 aromatic rings. The van der Waals surface area contributed by atoms with E-state index in [1.54, 1.807) is 23.1 Å². The Hall–Kier alpha value is -2.53. The van der Waals surface area contributed by atoms with Crippen LogP contribution in [0.1, 0.15) is 17.5 Å². The van der Waals surface area contributed by atoms with Crippen molar-refractivity contribution in [2.75, 3.05) is 23.8 Å². The Balaban J connectivity index is 1.89. The molecule has 1 heterocycles. The SMILES string of the molecule is Cc1cccc(CC2Oc3ccc(N)cc3N(CCCO)C2=O)c1. The highest BCUT2D eigenvalue weighted by Gasteiger charge is 2.34. The predicted octanol–water partition coefficient (Wildman–Crippen LogP) is 2.30. The molecule has 1 atom stereocenters. The van der Waals surface area contributed by atoms with Gasteiger partial charge in [0.1, 0.15) is 5.75 Å². The van der Waals surface area contributed by atoms with Gasteiger partial charge in [-0.05, 0) is 37.1 Å². The van der Waals surface area contributed by atoms with Crippen molar-refractivity contribution < 1.29 is 14.6 Å². The second kappa shape index (κ2) is 6.93. The number of nitrogens with two attached hydrogens (primary N) is 1. The summed E-state index contributed by atoms with van der Waals surface area (Å²) in [7, 11) is 0. The van der Waals surface area contributed by atoms with Gasteiger partial charge in [0, 0.05) is 25.3 Å². The molecule has 3 rings (SSSR count). The van der Waals surface area contributed by atoms with Gasteiger partial charge in [-0.1, -0.05) is 29.8 Å². The summed E-state index contributed by atoms with van der Waals surface area (Å²) in [4.78, 5) is 14.5. The van der Waals surface area contributed by atoms with Crippen LogP contribution in [0, 0.1) is 6.92 Å². The Labute approximate surface area is 141 Å². The van der Waals surface area contributed by atoms with Crippen molar-refractivity contribution in [3.63, 3.8) is 0 Å². The Kier molecular flexibility index (Phi) is 4.71. The van der Waals surface area contributed by atoms with E-state index in [-0.39, 0.29) is 12.5 Å². The summed E-state index contributed by atoms with van der Waals surface area (Å²) in [6.45, 7) is 2.50. The van der Waals surface area contributed by atoms with E-state index in [9.17, 15) is 4.79 Å². The second-order valence-electron chi connectivity index (χ2n) is 6.09. The van der Waals surface area contributed by atoms with Crippen LogP contribution in [-0.4, -0.2) is 30.3 Å². The average molecular weight is 326 g/mol. The van der Waals surface area contributed by atoms with E-state index in [4.69, 9.17) is 15.6 Å². The Morgan fingerprint density at radius 3 is 2.83 bits per heavy atom. The lowest BCUT2D eigenvalue weighted by Crippen LogP contribution is -2.47. The van der Waals surface area contributed by atoms with Gasteiger partial charge < -0.3 is 20.5 Å². The lowest BCUT2D eigenvalue weighted by atomic mass is 10.0. The molecule has 0 aromatic heterocycles. The molecule has 0 bridgehead atoms. The molecule has 5 nitrogen and oxygen atoms in total. The minimum Gasteiger partial charge on any atom is -0.478 e. The topological polar surface area (TPSA) is 75.8 Å². The zero-order valence-corrected chi connectivity index (χ0v) is 13.7. The van der Waals surface area contributed by atoms with E-state index in [1.807, 2.05) is 25.1 Å². The van der Waals surface area contributed by atoms with Crippen molar-refractivity contribution in [3.8, 4) is 5.75 Å². The van der Waals surface area contributed by atoms with Gasteiger partial charge in [0.2, 0.25) is 0 Å². The van der Waals surface area contributed by atoms with Gasteiger partial charge in [-0.2, -0.15) is 0 Å². The van der Waals surface area contributed by atoms with E-state index in [0.717, 1.165) is 11.1 Å². The third-order valence-electron chi connectivity index (χ3n) is 4.13. The molecule has 0 aliphatic carbocycles. The Bertz CT molecular complexity index is 745. The van der Waals surface area contributed by atoms with Crippen LogP contribution in [0.5, 0.6) is 5.75 Å². The number of hydrogen-bond acceptors (Lipinski definition) is 4. The first-order valence-electron chi connectivity index (χ1n) is 8.12. The first-order chi connectivity index (χ1) is 11.6. The van der Waals surface area contributed by atoms with Crippen molar-refractivity contribution >= 4 is 17.3 Å². The number of fused-ring (bicyclic) bond motifs is 1. The molecule has 24 heavy (non-hydrogen) atoms.